The fourth-order valence-electron chi connectivity index (χ4n) is 2.92. The SMILES string of the molecule is Cc1ccc(-c2ccn(-c3ccc(NC(=O)Nc4ccc(F)cc4F)cc3)n2)cc1. The lowest BCUT2D eigenvalue weighted by Crippen LogP contribution is -2.20. The van der Waals surface area contributed by atoms with Crippen LogP contribution in [0.3, 0.4) is 0 Å². The van der Waals surface area contributed by atoms with Crippen molar-refractivity contribution in [1.82, 2.24) is 9.78 Å². The first-order chi connectivity index (χ1) is 14.5. The predicted molar refractivity (Wildman–Crippen MR) is 113 cm³/mol. The highest BCUT2D eigenvalue weighted by Gasteiger charge is 2.09. The largest absolute Gasteiger partial charge is 0.323 e. The van der Waals surface area contributed by atoms with E-state index >= 15 is 0 Å². The summed E-state index contributed by atoms with van der Waals surface area (Å²) in [4.78, 5) is 12.1. The Balaban J connectivity index is 1.43. The van der Waals surface area contributed by atoms with E-state index in [2.05, 4.69) is 15.7 Å². The van der Waals surface area contributed by atoms with Crippen LogP contribution in [0.4, 0.5) is 25.0 Å². The predicted octanol–water partition coefficient (Wildman–Crippen LogP) is 5.77. The van der Waals surface area contributed by atoms with Crippen LogP contribution in [0.25, 0.3) is 16.9 Å². The number of amides is 2. The van der Waals surface area contributed by atoms with Crippen molar-refractivity contribution in [3.63, 3.8) is 0 Å². The zero-order chi connectivity index (χ0) is 21.1. The summed E-state index contributed by atoms with van der Waals surface area (Å²) in [6.07, 6.45) is 1.86. The van der Waals surface area contributed by atoms with Crippen LogP contribution in [0.15, 0.2) is 79.0 Å². The van der Waals surface area contributed by atoms with Crippen molar-refractivity contribution >= 4 is 17.4 Å². The lowest BCUT2D eigenvalue weighted by Gasteiger charge is -2.09. The summed E-state index contributed by atoms with van der Waals surface area (Å²) >= 11 is 0. The Morgan fingerprint density at radius 1 is 0.900 bits per heavy atom. The number of carbonyl (C=O) groups excluding carboxylic acids is 1. The van der Waals surface area contributed by atoms with Gasteiger partial charge in [-0.1, -0.05) is 29.8 Å². The minimum absolute atomic E-state index is 0.106. The molecule has 0 aliphatic rings. The number of rotatable bonds is 4. The monoisotopic (exact) mass is 404 g/mol. The number of hydrogen-bond donors (Lipinski definition) is 2. The number of nitrogens with zero attached hydrogens (tertiary/aromatic N) is 2. The average Bonchev–Trinajstić information content (AvgIpc) is 3.21. The van der Waals surface area contributed by atoms with Gasteiger partial charge in [0.1, 0.15) is 11.6 Å². The molecule has 4 rings (SSSR count). The second-order valence-corrected chi connectivity index (χ2v) is 6.76. The maximum atomic E-state index is 13.6. The second-order valence-electron chi connectivity index (χ2n) is 6.76. The van der Waals surface area contributed by atoms with Gasteiger partial charge in [-0.15, -0.1) is 0 Å². The molecule has 0 aliphatic carbocycles. The Morgan fingerprint density at radius 2 is 1.63 bits per heavy atom. The van der Waals surface area contributed by atoms with E-state index in [9.17, 15) is 13.6 Å². The van der Waals surface area contributed by atoms with Crippen molar-refractivity contribution in [2.75, 3.05) is 10.6 Å². The van der Waals surface area contributed by atoms with Gasteiger partial charge in [0, 0.05) is 23.5 Å². The normalized spacial score (nSPS) is 10.6. The molecule has 0 radical (unpaired) electrons. The minimum atomic E-state index is -0.844. The van der Waals surface area contributed by atoms with Gasteiger partial charge in [-0.3, -0.25) is 0 Å². The number of carbonyl (C=O) groups is 1. The number of aromatic nitrogens is 2. The zero-order valence-corrected chi connectivity index (χ0v) is 16.1. The van der Waals surface area contributed by atoms with Crippen LogP contribution in [0, 0.1) is 18.6 Å². The number of hydrogen-bond acceptors (Lipinski definition) is 2. The van der Waals surface area contributed by atoms with E-state index in [-0.39, 0.29) is 5.69 Å². The van der Waals surface area contributed by atoms with Crippen molar-refractivity contribution < 1.29 is 13.6 Å². The van der Waals surface area contributed by atoms with Gasteiger partial charge in [-0.25, -0.2) is 18.3 Å². The van der Waals surface area contributed by atoms with Crippen molar-refractivity contribution in [1.29, 1.82) is 0 Å². The van der Waals surface area contributed by atoms with Crippen LogP contribution in [0.2, 0.25) is 0 Å². The molecule has 0 saturated carbocycles. The molecule has 5 nitrogen and oxygen atoms in total. The van der Waals surface area contributed by atoms with Gasteiger partial charge >= 0.3 is 6.03 Å². The van der Waals surface area contributed by atoms with Crippen molar-refractivity contribution in [2.45, 2.75) is 6.92 Å². The van der Waals surface area contributed by atoms with Crippen LogP contribution in [0.1, 0.15) is 5.56 Å². The summed E-state index contributed by atoms with van der Waals surface area (Å²) in [7, 11) is 0. The third kappa shape index (κ3) is 4.35. The molecule has 0 atom stereocenters. The Bertz CT molecular complexity index is 1180. The number of aryl methyl sites for hydroxylation is 1. The van der Waals surface area contributed by atoms with E-state index in [1.165, 1.54) is 5.56 Å². The smallest absolute Gasteiger partial charge is 0.308 e. The van der Waals surface area contributed by atoms with E-state index < -0.39 is 17.7 Å². The van der Waals surface area contributed by atoms with E-state index in [1.807, 2.05) is 43.5 Å². The highest BCUT2D eigenvalue weighted by atomic mass is 19.1. The van der Waals surface area contributed by atoms with E-state index in [1.54, 1.807) is 28.9 Å². The molecule has 2 N–H and O–H groups in total. The summed E-state index contributed by atoms with van der Waals surface area (Å²) in [5.41, 5.74) is 4.31. The summed E-state index contributed by atoms with van der Waals surface area (Å²) in [5.74, 6) is -1.55. The summed E-state index contributed by atoms with van der Waals surface area (Å²) < 4.78 is 28.3. The Kier molecular flexibility index (Phi) is 5.26. The van der Waals surface area contributed by atoms with Gasteiger partial charge in [0.25, 0.3) is 0 Å². The number of nitrogens with one attached hydrogen (secondary N) is 2. The lowest BCUT2D eigenvalue weighted by atomic mass is 10.1. The van der Waals surface area contributed by atoms with E-state index in [0.29, 0.717) is 11.8 Å². The molecule has 3 aromatic carbocycles. The van der Waals surface area contributed by atoms with Gasteiger partial charge in [0.15, 0.2) is 0 Å². The van der Waals surface area contributed by atoms with Gasteiger partial charge in [0.05, 0.1) is 17.1 Å². The zero-order valence-electron chi connectivity index (χ0n) is 16.1. The van der Waals surface area contributed by atoms with Gasteiger partial charge in [-0.2, -0.15) is 5.10 Å². The third-order valence-corrected chi connectivity index (χ3v) is 4.51. The highest BCUT2D eigenvalue weighted by Crippen LogP contribution is 2.20. The molecule has 7 heteroatoms. The number of anilines is 2. The maximum absolute atomic E-state index is 13.6. The molecule has 0 fully saturated rings. The fourth-order valence-corrected chi connectivity index (χ4v) is 2.92. The Hall–Kier alpha value is -4.00. The van der Waals surface area contributed by atoms with Crippen LogP contribution in [0.5, 0.6) is 0 Å². The summed E-state index contributed by atoms with van der Waals surface area (Å²) in [6, 6.07) is 19.4. The average molecular weight is 404 g/mol. The maximum Gasteiger partial charge on any atom is 0.323 e. The first kappa shape index (κ1) is 19.3. The fraction of sp³-hybridized carbons (Fsp3) is 0.0435. The molecule has 0 saturated heterocycles. The molecule has 150 valence electrons. The standard InChI is InChI=1S/C23H18F2N4O/c1-15-2-4-16(5-3-15)21-12-13-29(28-21)19-9-7-18(8-10-19)26-23(30)27-22-11-6-17(24)14-20(22)25/h2-14H,1H3,(H2,26,27,30). The summed E-state index contributed by atoms with van der Waals surface area (Å²) in [6.45, 7) is 2.04. The molecule has 0 aliphatic heterocycles. The van der Waals surface area contributed by atoms with Crippen LogP contribution >= 0.6 is 0 Å². The van der Waals surface area contributed by atoms with Crippen molar-refractivity contribution in [3.05, 3.63) is 96.2 Å². The van der Waals surface area contributed by atoms with E-state index in [0.717, 1.165) is 29.1 Å². The van der Waals surface area contributed by atoms with Gasteiger partial charge < -0.3 is 10.6 Å². The molecule has 1 heterocycles. The Labute approximate surface area is 172 Å². The number of benzene rings is 3. The van der Waals surface area contributed by atoms with Crippen molar-refractivity contribution in [2.24, 2.45) is 0 Å². The van der Waals surface area contributed by atoms with Gasteiger partial charge in [0.2, 0.25) is 0 Å². The lowest BCUT2D eigenvalue weighted by molar-refractivity contribution is 0.262. The topological polar surface area (TPSA) is 59.0 Å². The quantitative estimate of drug-likeness (QED) is 0.454. The molecule has 2 amide bonds. The molecule has 30 heavy (non-hydrogen) atoms. The summed E-state index contributed by atoms with van der Waals surface area (Å²) in [5, 5.41) is 9.54. The van der Waals surface area contributed by atoms with Crippen LogP contribution in [-0.2, 0) is 0 Å². The molecule has 0 unspecified atom stereocenters. The van der Waals surface area contributed by atoms with Crippen LogP contribution in [-0.4, -0.2) is 15.8 Å². The third-order valence-electron chi connectivity index (χ3n) is 4.51. The minimum Gasteiger partial charge on any atom is -0.308 e. The first-order valence-corrected chi connectivity index (χ1v) is 9.24. The molecular formula is C23H18F2N4O. The highest BCUT2D eigenvalue weighted by molar-refractivity contribution is 5.99. The number of urea groups is 1. The second kappa shape index (κ2) is 8.16. The Morgan fingerprint density at radius 3 is 2.33 bits per heavy atom. The van der Waals surface area contributed by atoms with E-state index in [4.69, 9.17) is 0 Å². The van der Waals surface area contributed by atoms with Crippen LogP contribution < -0.4 is 10.6 Å². The molecule has 0 bridgehead atoms. The first-order valence-electron chi connectivity index (χ1n) is 9.24. The molecule has 1 aromatic heterocycles. The molecule has 0 spiro atoms. The number of halogens is 2. The molecule has 4 aromatic rings. The molecular weight excluding hydrogens is 386 g/mol. The van der Waals surface area contributed by atoms with Gasteiger partial charge in [-0.05, 0) is 49.4 Å². The van der Waals surface area contributed by atoms with Crippen molar-refractivity contribution in [3.8, 4) is 16.9 Å².